The SMILES string of the molecule is Cc1cnc2ccc(N3CC[C@H](NC(=O)c4cccc5cccnc45)C3)nn12. The van der Waals surface area contributed by atoms with Crippen LogP contribution in [0.2, 0.25) is 0 Å². The van der Waals surface area contributed by atoms with Crippen molar-refractivity contribution in [2.45, 2.75) is 19.4 Å². The normalized spacial score (nSPS) is 16.8. The maximum atomic E-state index is 12.8. The van der Waals surface area contributed by atoms with Gasteiger partial charge in [-0.15, -0.1) is 5.10 Å². The summed E-state index contributed by atoms with van der Waals surface area (Å²) in [6.45, 7) is 3.57. The fourth-order valence-corrected chi connectivity index (χ4v) is 3.78. The van der Waals surface area contributed by atoms with E-state index in [1.807, 2.05) is 60.1 Å². The highest BCUT2D eigenvalue weighted by atomic mass is 16.1. The Bertz CT molecular complexity index is 1180. The number of nitrogens with zero attached hydrogens (tertiary/aromatic N) is 5. The molecule has 1 aliphatic heterocycles. The zero-order chi connectivity index (χ0) is 19.1. The molecule has 4 aromatic rings. The number of para-hydroxylation sites is 1. The number of nitrogens with one attached hydrogen (secondary N) is 1. The van der Waals surface area contributed by atoms with Crippen LogP contribution in [0.5, 0.6) is 0 Å². The highest BCUT2D eigenvalue weighted by Gasteiger charge is 2.26. The lowest BCUT2D eigenvalue weighted by molar-refractivity contribution is 0.0942. The molecule has 5 rings (SSSR count). The first-order valence-electron chi connectivity index (χ1n) is 9.40. The predicted octanol–water partition coefficient (Wildman–Crippen LogP) is 2.59. The first-order chi connectivity index (χ1) is 13.7. The van der Waals surface area contributed by atoms with Crippen molar-refractivity contribution in [3.05, 3.63) is 66.1 Å². The smallest absolute Gasteiger partial charge is 0.253 e. The number of hydrogen-bond acceptors (Lipinski definition) is 5. The zero-order valence-electron chi connectivity index (χ0n) is 15.5. The Hall–Kier alpha value is -3.48. The van der Waals surface area contributed by atoms with Crippen molar-refractivity contribution >= 4 is 28.3 Å². The van der Waals surface area contributed by atoms with Crippen LogP contribution in [0, 0.1) is 6.92 Å². The molecule has 0 unspecified atom stereocenters. The molecular weight excluding hydrogens is 352 g/mol. The molecule has 7 nitrogen and oxygen atoms in total. The van der Waals surface area contributed by atoms with Gasteiger partial charge in [0.1, 0.15) is 5.82 Å². The largest absolute Gasteiger partial charge is 0.353 e. The Morgan fingerprint density at radius 2 is 2.04 bits per heavy atom. The Balaban J connectivity index is 1.33. The van der Waals surface area contributed by atoms with Crippen LogP contribution in [-0.4, -0.2) is 44.6 Å². The molecule has 0 aliphatic carbocycles. The summed E-state index contributed by atoms with van der Waals surface area (Å²) in [6.07, 6.45) is 4.42. The molecule has 1 aromatic carbocycles. The standard InChI is InChI=1S/C21H20N6O/c1-14-12-23-18-7-8-19(25-27(14)18)26-11-9-16(13-26)24-21(28)17-6-2-4-15-5-3-10-22-20(15)17/h2-8,10,12,16H,9,11,13H2,1H3,(H,24,28)/t16-/m0/s1. The van der Waals surface area contributed by atoms with Crippen LogP contribution < -0.4 is 10.2 Å². The fourth-order valence-electron chi connectivity index (χ4n) is 3.78. The fraction of sp³-hybridized carbons (Fsp3) is 0.238. The molecular formula is C21H20N6O. The van der Waals surface area contributed by atoms with Crippen LogP contribution in [0.3, 0.4) is 0 Å². The molecule has 1 saturated heterocycles. The van der Waals surface area contributed by atoms with Crippen molar-refractivity contribution in [1.82, 2.24) is 24.9 Å². The number of fused-ring (bicyclic) bond motifs is 2. The molecule has 1 aliphatic rings. The van der Waals surface area contributed by atoms with Crippen LogP contribution in [0.15, 0.2) is 54.9 Å². The number of rotatable bonds is 3. The number of aryl methyl sites for hydroxylation is 1. The van der Waals surface area contributed by atoms with E-state index in [4.69, 9.17) is 0 Å². The Labute approximate surface area is 162 Å². The van der Waals surface area contributed by atoms with E-state index in [0.717, 1.165) is 47.6 Å². The number of carbonyl (C=O) groups is 1. The van der Waals surface area contributed by atoms with Gasteiger partial charge in [0.2, 0.25) is 0 Å². The Morgan fingerprint density at radius 1 is 1.14 bits per heavy atom. The van der Waals surface area contributed by atoms with Gasteiger partial charge in [-0.3, -0.25) is 9.78 Å². The van der Waals surface area contributed by atoms with E-state index in [9.17, 15) is 4.79 Å². The van der Waals surface area contributed by atoms with Gasteiger partial charge in [-0.1, -0.05) is 18.2 Å². The second kappa shape index (κ2) is 6.60. The van der Waals surface area contributed by atoms with Gasteiger partial charge in [0.05, 0.1) is 23.0 Å². The predicted molar refractivity (Wildman–Crippen MR) is 108 cm³/mol. The quantitative estimate of drug-likeness (QED) is 0.598. The summed E-state index contributed by atoms with van der Waals surface area (Å²) in [6, 6.07) is 13.6. The molecule has 28 heavy (non-hydrogen) atoms. The summed E-state index contributed by atoms with van der Waals surface area (Å²) in [4.78, 5) is 23.7. The van der Waals surface area contributed by atoms with E-state index in [1.165, 1.54) is 0 Å². The van der Waals surface area contributed by atoms with Gasteiger partial charge in [0.15, 0.2) is 5.65 Å². The average Bonchev–Trinajstić information content (AvgIpc) is 3.34. The summed E-state index contributed by atoms with van der Waals surface area (Å²) in [5, 5.41) is 8.82. The van der Waals surface area contributed by atoms with Crippen LogP contribution in [0.25, 0.3) is 16.6 Å². The Kier molecular flexibility index (Phi) is 3.93. The summed E-state index contributed by atoms with van der Waals surface area (Å²) in [5.74, 6) is 0.821. The molecule has 4 heterocycles. The number of carbonyl (C=O) groups excluding carboxylic acids is 1. The lowest BCUT2D eigenvalue weighted by Gasteiger charge is -2.18. The number of anilines is 1. The van der Waals surface area contributed by atoms with Crippen molar-refractivity contribution in [1.29, 1.82) is 0 Å². The number of hydrogen-bond donors (Lipinski definition) is 1. The van der Waals surface area contributed by atoms with Gasteiger partial charge in [0.25, 0.3) is 5.91 Å². The first kappa shape index (κ1) is 16.7. The van der Waals surface area contributed by atoms with E-state index in [2.05, 4.69) is 25.3 Å². The summed E-state index contributed by atoms with van der Waals surface area (Å²) in [5.41, 5.74) is 3.20. The van der Waals surface area contributed by atoms with E-state index in [-0.39, 0.29) is 11.9 Å². The van der Waals surface area contributed by atoms with Gasteiger partial charge >= 0.3 is 0 Å². The molecule has 7 heteroatoms. The monoisotopic (exact) mass is 372 g/mol. The third-order valence-corrected chi connectivity index (χ3v) is 5.24. The average molecular weight is 372 g/mol. The lowest BCUT2D eigenvalue weighted by atomic mass is 10.1. The summed E-state index contributed by atoms with van der Waals surface area (Å²) in [7, 11) is 0. The van der Waals surface area contributed by atoms with Gasteiger partial charge in [-0.05, 0) is 37.6 Å². The van der Waals surface area contributed by atoms with Gasteiger partial charge in [-0.2, -0.15) is 0 Å². The number of amides is 1. The number of imidazole rings is 1. The molecule has 1 fully saturated rings. The minimum atomic E-state index is -0.0787. The van der Waals surface area contributed by atoms with Crippen LogP contribution in [0.1, 0.15) is 22.5 Å². The minimum absolute atomic E-state index is 0.0767. The minimum Gasteiger partial charge on any atom is -0.353 e. The maximum Gasteiger partial charge on any atom is 0.253 e. The maximum absolute atomic E-state index is 12.8. The van der Waals surface area contributed by atoms with Crippen molar-refractivity contribution < 1.29 is 4.79 Å². The molecule has 0 spiro atoms. The first-order valence-corrected chi connectivity index (χ1v) is 9.40. The van der Waals surface area contributed by atoms with Crippen molar-refractivity contribution in [3.63, 3.8) is 0 Å². The molecule has 140 valence electrons. The van der Waals surface area contributed by atoms with E-state index < -0.39 is 0 Å². The van der Waals surface area contributed by atoms with E-state index in [0.29, 0.717) is 5.56 Å². The molecule has 3 aromatic heterocycles. The Morgan fingerprint density at radius 3 is 2.96 bits per heavy atom. The molecule has 1 N–H and O–H groups in total. The number of pyridine rings is 1. The highest BCUT2D eigenvalue weighted by molar-refractivity contribution is 6.05. The van der Waals surface area contributed by atoms with Crippen LogP contribution in [0.4, 0.5) is 5.82 Å². The molecule has 0 bridgehead atoms. The second-order valence-corrected chi connectivity index (χ2v) is 7.15. The topological polar surface area (TPSA) is 75.4 Å². The number of benzene rings is 1. The zero-order valence-corrected chi connectivity index (χ0v) is 15.5. The highest BCUT2D eigenvalue weighted by Crippen LogP contribution is 2.20. The summed E-state index contributed by atoms with van der Waals surface area (Å²) >= 11 is 0. The van der Waals surface area contributed by atoms with Gasteiger partial charge < -0.3 is 10.2 Å². The van der Waals surface area contributed by atoms with Crippen molar-refractivity contribution in [3.8, 4) is 0 Å². The van der Waals surface area contributed by atoms with Crippen molar-refractivity contribution in [2.75, 3.05) is 18.0 Å². The van der Waals surface area contributed by atoms with Gasteiger partial charge in [0, 0.05) is 30.7 Å². The lowest BCUT2D eigenvalue weighted by Crippen LogP contribution is -2.37. The number of aromatic nitrogens is 4. The van der Waals surface area contributed by atoms with E-state index in [1.54, 1.807) is 6.20 Å². The van der Waals surface area contributed by atoms with Crippen LogP contribution >= 0.6 is 0 Å². The molecule has 0 radical (unpaired) electrons. The van der Waals surface area contributed by atoms with Crippen LogP contribution in [-0.2, 0) is 0 Å². The third-order valence-electron chi connectivity index (χ3n) is 5.24. The summed E-state index contributed by atoms with van der Waals surface area (Å²) < 4.78 is 1.85. The van der Waals surface area contributed by atoms with Gasteiger partial charge in [-0.25, -0.2) is 9.50 Å². The molecule has 1 atom stereocenters. The third kappa shape index (κ3) is 2.85. The van der Waals surface area contributed by atoms with E-state index >= 15 is 0 Å². The molecule has 0 saturated carbocycles. The molecule has 1 amide bonds. The second-order valence-electron chi connectivity index (χ2n) is 7.15. The van der Waals surface area contributed by atoms with Crippen molar-refractivity contribution in [2.24, 2.45) is 0 Å².